The highest BCUT2D eigenvalue weighted by atomic mass is 19.4. The molecule has 0 radical (unpaired) electrons. The third-order valence-corrected chi connectivity index (χ3v) is 5.54. The van der Waals surface area contributed by atoms with E-state index in [9.17, 15) is 31.4 Å². The number of imidazole rings is 1. The summed E-state index contributed by atoms with van der Waals surface area (Å²) in [6.07, 6.45) is -3.11. The van der Waals surface area contributed by atoms with Crippen molar-refractivity contribution < 1.29 is 51.3 Å². The molecule has 4 N–H and O–H groups in total. The summed E-state index contributed by atoms with van der Waals surface area (Å²) >= 11 is 0. The monoisotopic (exact) mass is 580 g/mol. The number of nitrogens with one attached hydrogen (secondary N) is 1. The van der Waals surface area contributed by atoms with Crippen LogP contribution in [0.15, 0.2) is 49.1 Å². The first kappa shape index (κ1) is 32.2. The summed E-state index contributed by atoms with van der Waals surface area (Å²) in [6, 6.07) is 9.57. The summed E-state index contributed by atoms with van der Waals surface area (Å²) < 4.78 is 65.3. The Kier molecular flexibility index (Phi) is 11.6. The normalized spacial score (nSPS) is 15.3. The van der Waals surface area contributed by atoms with E-state index in [2.05, 4.69) is 25.2 Å². The Labute approximate surface area is 223 Å². The van der Waals surface area contributed by atoms with E-state index in [1.54, 1.807) is 6.33 Å². The number of carboxylic acids is 2. The molecule has 220 valence electrons. The van der Waals surface area contributed by atoms with Gasteiger partial charge in [0.1, 0.15) is 11.8 Å². The zero-order valence-corrected chi connectivity index (χ0v) is 20.7. The number of aromatic amines is 1. The van der Waals surface area contributed by atoms with Crippen LogP contribution in [-0.4, -0.2) is 82.6 Å². The molecule has 3 heterocycles. The highest BCUT2D eigenvalue weighted by Gasteiger charge is 2.38. The number of alkyl halides is 6. The van der Waals surface area contributed by atoms with Crippen molar-refractivity contribution in [1.82, 2.24) is 29.9 Å². The zero-order valence-electron chi connectivity index (χ0n) is 20.7. The van der Waals surface area contributed by atoms with Gasteiger partial charge < -0.3 is 20.3 Å². The lowest BCUT2D eigenvalue weighted by Gasteiger charge is -2.31. The second-order valence-electron chi connectivity index (χ2n) is 8.58. The van der Waals surface area contributed by atoms with Crippen molar-refractivity contribution in [3.8, 4) is 0 Å². The van der Waals surface area contributed by atoms with Crippen LogP contribution < -0.4 is 0 Å². The van der Waals surface area contributed by atoms with Crippen LogP contribution in [0.4, 0.5) is 26.3 Å². The number of H-pyrrole nitrogens is 1. The number of aliphatic carboxylic acids is 2. The molecule has 1 aliphatic rings. The van der Waals surface area contributed by atoms with Gasteiger partial charge >= 0.3 is 24.3 Å². The Morgan fingerprint density at radius 1 is 1.00 bits per heavy atom. The molecule has 1 aliphatic heterocycles. The predicted octanol–water partition coefficient (Wildman–Crippen LogP) is 3.26. The summed E-state index contributed by atoms with van der Waals surface area (Å²) in [4.78, 5) is 27.5. The summed E-state index contributed by atoms with van der Waals surface area (Å²) in [6.45, 7) is 3.95. The molecule has 40 heavy (non-hydrogen) atoms. The van der Waals surface area contributed by atoms with Crippen LogP contribution in [0.5, 0.6) is 0 Å². The van der Waals surface area contributed by atoms with E-state index < -0.39 is 30.4 Å². The van der Waals surface area contributed by atoms with Gasteiger partial charge in [0.25, 0.3) is 0 Å². The number of likely N-dealkylation sites (tertiary alicyclic amines) is 1. The predicted molar refractivity (Wildman–Crippen MR) is 124 cm³/mol. The Bertz CT molecular complexity index is 1160. The smallest absolute Gasteiger partial charge is 0.475 e. The van der Waals surface area contributed by atoms with Gasteiger partial charge in [-0.15, -0.1) is 5.10 Å². The highest BCUT2D eigenvalue weighted by molar-refractivity contribution is 5.73. The summed E-state index contributed by atoms with van der Waals surface area (Å²) in [5.74, 6) is -4.92. The maximum atomic E-state index is 10.6. The SMILES string of the molecule is O=C(O)C(F)(F)F.O=C(O)C(F)(F)F.OC(c1ccccc1)c1cn(CC2CCN(Cc3cnc[nH]3)CC2)nn1. The Balaban J connectivity index is 0.000000333. The van der Waals surface area contributed by atoms with E-state index in [1.165, 1.54) is 5.69 Å². The lowest BCUT2D eigenvalue weighted by Crippen LogP contribution is -2.34. The van der Waals surface area contributed by atoms with Crippen LogP contribution in [0.25, 0.3) is 0 Å². The van der Waals surface area contributed by atoms with E-state index in [1.807, 2.05) is 47.4 Å². The van der Waals surface area contributed by atoms with Gasteiger partial charge in [-0.05, 0) is 37.4 Å². The molecular formula is C23H26F6N6O5. The van der Waals surface area contributed by atoms with Gasteiger partial charge in [-0.1, -0.05) is 35.5 Å². The number of carboxylic acid groups (broad SMARTS) is 2. The van der Waals surface area contributed by atoms with Crippen LogP contribution >= 0.6 is 0 Å². The number of aromatic nitrogens is 5. The van der Waals surface area contributed by atoms with Gasteiger partial charge in [0.2, 0.25) is 0 Å². The average Bonchev–Trinajstić information content (AvgIpc) is 3.57. The number of nitrogens with zero attached hydrogens (tertiary/aromatic N) is 5. The number of aliphatic hydroxyl groups excluding tert-OH is 1. The lowest BCUT2D eigenvalue weighted by atomic mass is 9.97. The molecule has 0 saturated carbocycles. The van der Waals surface area contributed by atoms with Crippen LogP contribution in [0.2, 0.25) is 0 Å². The number of hydrogen-bond donors (Lipinski definition) is 4. The fourth-order valence-corrected chi connectivity index (χ4v) is 3.54. The average molecular weight is 580 g/mol. The van der Waals surface area contributed by atoms with Crippen molar-refractivity contribution in [2.75, 3.05) is 13.1 Å². The van der Waals surface area contributed by atoms with Gasteiger partial charge in [-0.3, -0.25) is 9.58 Å². The Hall–Kier alpha value is -3.99. The molecule has 1 unspecified atom stereocenters. The topological polar surface area (TPSA) is 157 Å². The molecule has 1 saturated heterocycles. The molecule has 0 spiro atoms. The van der Waals surface area contributed by atoms with E-state index >= 15 is 0 Å². The number of piperidine rings is 1. The number of benzene rings is 1. The zero-order chi connectivity index (χ0) is 29.9. The molecule has 0 amide bonds. The summed E-state index contributed by atoms with van der Waals surface area (Å²) in [7, 11) is 0. The van der Waals surface area contributed by atoms with Crippen molar-refractivity contribution in [2.24, 2.45) is 5.92 Å². The van der Waals surface area contributed by atoms with Gasteiger partial charge in [0, 0.05) is 25.0 Å². The van der Waals surface area contributed by atoms with E-state index in [4.69, 9.17) is 19.8 Å². The summed E-state index contributed by atoms with van der Waals surface area (Å²) in [5, 5.41) is 33.1. The molecule has 1 fully saturated rings. The number of carbonyl (C=O) groups is 2. The number of aliphatic hydroxyl groups is 1. The van der Waals surface area contributed by atoms with Gasteiger partial charge in [0.05, 0.1) is 12.5 Å². The molecule has 1 atom stereocenters. The van der Waals surface area contributed by atoms with Crippen LogP contribution in [0.3, 0.4) is 0 Å². The van der Waals surface area contributed by atoms with E-state index in [-0.39, 0.29) is 0 Å². The first-order valence-electron chi connectivity index (χ1n) is 11.6. The summed E-state index contributed by atoms with van der Waals surface area (Å²) in [5.41, 5.74) is 2.61. The second-order valence-corrected chi connectivity index (χ2v) is 8.58. The Morgan fingerprint density at radius 2 is 1.55 bits per heavy atom. The molecular weight excluding hydrogens is 554 g/mol. The van der Waals surface area contributed by atoms with Gasteiger partial charge in [-0.25, -0.2) is 14.6 Å². The van der Waals surface area contributed by atoms with Crippen molar-refractivity contribution >= 4 is 11.9 Å². The van der Waals surface area contributed by atoms with E-state index in [0.29, 0.717) is 11.6 Å². The quantitative estimate of drug-likeness (QED) is 0.321. The first-order chi connectivity index (χ1) is 18.7. The highest BCUT2D eigenvalue weighted by Crippen LogP contribution is 2.22. The first-order valence-corrected chi connectivity index (χ1v) is 11.6. The third-order valence-electron chi connectivity index (χ3n) is 5.54. The van der Waals surface area contributed by atoms with E-state index in [0.717, 1.165) is 44.6 Å². The number of rotatable bonds is 6. The fraction of sp³-hybridized carbons (Fsp3) is 0.435. The second kappa shape index (κ2) is 14.4. The molecule has 2 aromatic heterocycles. The maximum Gasteiger partial charge on any atom is 0.490 e. The maximum absolute atomic E-state index is 10.6. The van der Waals surface area contributed by atoms with Crippen molar-refractivity contribution in [3.05, 3.63) is 66.0 Å². The van der Waals surface area contributed by atoms with Crippen LogP contribution in [0.1, 0.15) is 35.9 Å². The molecule has 4 rings (SSSR count). The lowest BCUT2D eigenvalue weighted by molar-refractivity contribution is -0.193. The molecule has 1 aromatic carbocycles. The molecule has 0 bridgehead atoms. The van der Waals surface area contributed by atoms with Crippen molar-refractivity contribution in [1.29, 1.82) is 0 Å². The van der Waals surface area contributed by atoms with Crippen molar-refractivity contribution in [3.63, 3.8) is 0 Å². The number of hydrogen-bond acceptors (Lipinski definition) is 7. The largest absolute Gasteiger partial charge is 0.490 e. The minimum absolute atomic E-state index is 0.594. The minimum atomic E-state index is -5.08. The molecule has 0 aliphatic carbocycles. The fourth-order valence-electron chi connectivity index (χ4n) is 3.54. The van der Waals surface area contributed by atoms with Gasteiger partial charge in [0.15, 0.2) is 0 Å². The van der Waals surface area contributed by atoms with Gasteiger partial charge in [-0.2, -0.15) is 26.3 Å². The molecule has 11 nitrogen and oxygen atoms in total. The molecule has 3 aromatic rings. The van der Waals surface area contributed by atoms with Crippen LogP contribution in [0, 0.1) is 5.92 Å². The van der Waals surface area contributed by atoms with Crippen LogP contribution in [-0.2, 0) is 22.7 Å². The number of halogens is 6. The Morgan fingerprint density at radius 3 is 2.02 bits per heavy atom. The standard InChI is InChI=1S/C19H24N6O.2C2HF3O2/c26-19(16-4-2-1-3-5-16)18-13-25(23-22-18)11-15-6-8-24(9-7-15)12-17-10-20-14-21-17;2*3-2(4,5)1(6)7/h1-5,10,13-15,19,26H,6-9,11-12H2,(H,20,21);2*(H,6,7). The third kappa shape index (κ3) is 11.0. The van der Waals surface area contributed by atoms with Crippen molar-refractivity contribution in [2.45, 2.75) is 44.4 Å². The molecule has 17 heteroatoms. The minimum Gasteiger partial charge on any atom is -0.475 e.